The van der Waals surface area contributed by atoms with E-state index >= 15 is 0 Å². The first-order valence-electron chi connectivity index (χ1n) is 6.33. The van der Waals surface area contributed by atoms with Gasteiger partial charge in [-0.05, 0) is 12.5 Å². The Bertz CT molecular complexity index is 527. The van der Waals surface area contributed by atoms with Crippen molar-refractivity contribution in [3.63, 3.8) is 0 Å². The van der Waals surface area contributed by atoms with Crippen molar-refractivity contribution >= 4 is 5.91 Å². The number of ether oxygens (including phenoxy) is 2. The van der Waals surface area contributed by atoms with Crippen LogP contribution in [0.2, 0.25) is 0 Å². The first-order chi connectivity index (χ1) is 9.24. The number of hydrogen-bond donors (Lipinski definition) is 2. The summed E-state index contributed by atoms with van der Waals surface area (Å²) in [6.45, 7) is 0.672. The second-order valence-electron chi connectivity index (χ2n) is 4.76. The fourth-order valence-corrected chi connectivity index (χ4v) is 2.36. The molecule has 5 nitrogen and oxygen atoms in total. The molecule has 1 heterocycles. The zero-order valence-corrected chi connectivity index (χ0v) is 10.5. The monoisotopic (exact) mass is 260 g/mol. The number of benzene rings is 1. The van der Waals surface area contributed by atoms with Crippen molar-refractivity contribution in [3.8, 4) is 11.5 Å². The lowest BCUT2D eigenvalue weighted by Gasteiger charge is -2.11. The van der Waals surface area contributed by atoms with E-state index in [9.17, 15) is 4.79 Å². The molecule has 0 saturated carbocycles. The van der Waals surface area contributed by atoms with Crippen molar-refractivity contribution in [2.75, 3.05) is 6.79 Å². The Balaban J connectivity index is 1.62. The number of fused-ring (bicyclic) bond motifs is 1. The Hall–Kier alpha value is -2.01. The maximum atomic E-state index is 12.0. The Morgan fingerprint density at radius 3 is 3.05 bits per heavy atom. The van der Waals surface area contributed by atoms with Gasteiger partial charge in [-0.15, -0.1) is 0 Å². The SMILES string of the molecule is NC1C=CC(C(=O)NCc2cccc3c2OCO3)C1. The molecule has 0 radical (unpaired) electrons. The van der Waals surface area contributed by atoms with Crippen molar-refractivity contribution in [1.82, 2.24) is 5.32 Å². The van der Waals surface area contributed by atoms with E-state index in [1.807, 2.05) is 30.4 Å². The van der Waals surface area contributed by atoms with E-state index in [2.05, 4.69) is 5.32 Å². The number of nitrogens with two attached hydrogens (primary N) is 1. The van der Waals surface area contributed by atoms with Crippen LogP contribution in [0.15, 0.2) is 30.4 Å². The maximum Gasteiger partial charge on any atom is 0.231 e. The lowest BCUT2D eigenvalue weighted by atomic mass is 10.1. The van der Waals surface area contributed by atoms with Crippen molar-refractivity contribution in [2.45, 2.75) is 19.0 Å². The van der Waals surface area contributed by atoms with Crippen molar-refractivity contribution in [3.05, 3.63) is 35.9 Å². The Morgan fingerprint density at radius 2 is 2.26 bits per heavy atom. The Labute approximate surface area is 111 Å². The highest BCUT2D eigenvalue weighted by atomic mass is 16.7. The van der Waals surface area contributed by atoms with E-state index in [1.165, 1.54) is 0 Å². The van der Waals surface area contributed by atoms with E-state index in [4.69, 9.17) is 15.2 Å². The van der Waals surface area contributed by atoms with Gasteiger partial charge in [-0.25, -0.2) is 0 Å². The summed E-state index contributed by atoms with van der Waals surface area (Å²) in [7, 11) is 0. The molecular weight excluding hydrogens is 244 g/mol. The summed E-state index contributed by atoms with van der Waals surface area (Å²) in [5.74, 6) is 1.33. The number of nitrogens with one attached hydrogen (secondary N) is 1. The van der Waals surface area contributed by atoms with E-state index in [0.29, 0.717) is 13.0 Å². The van der Waals surface area contributed by atoms with E-state index in [1.54, 1.807) is 0 Å². The second-order valence-corrected chi connectivity index (χ2v) is 4.76. The second kappa shape index (κ2) is 4.93. The number of carbonyl (C=O) groups is 1. The molecule has 100 valence electrons. The molecule has 0 bridgehead atoms. The minimum atomic E-state index is -0.121. The fourth-order valence-electron chi connectivity index (χ4n) is 2.36. The summed E-state index contributed by atoms with van der Waals surface area (Å²) in [4.78, 5) is 12.0. The van der Waals surface area contributed by atoms with Gasteiger partial charge in [0, 0.05) is 18.2 Å². The van der Waals surface area contributed by atoms with Gasteiger partial charge in [-0.2, -0.15) is 0 Å². The van der Waals surface area contributed by atoms with Gasteiger partial charge in [-0.3, -0.25) is 4.79 Å². The number of amides is 1. The highest BCUT2D eigenvalue weighted by Crippen LogP contribution is 2.35. The van der Waals surface area contributed by atoms with E-state index < -0.39 is 0 Å². The summed E-state index contributed by atoms with van der Waals surface area (Å²) in [6.07, 6.45) is 4.43. The topological polar surface area (TPSA) is 73.6 Å². The molecule has 0 spiro atoms. The minimum absolute atomic E-state index is 0.000665. The minimum Gasteiger partial charge on any atom is -0.454 e. The third kappa shape index (κ3) is 2.42. The van der Waals surface area contributed by atoms with E-state index in [0.717, 1.165) is 17.1 Å². The molecule has 0 aromatic heterocycles. The zero-order valence-electron chi connectivity index (χ0n) is 10.5. The maximum absolute atomic E-state index is 12.0. The molecule has 0 saturated heterocycles. The zero-order chi connectivity index (χ0) is 13.2. The van der Waals surface area contributed by atoms with Crippen LogP contribution in [0.4, 0.5) is 0 Å². The number of carbonyl (C=O) groups excluding carboxylic acids is 1. The van der Waals surface area contributed by atoms with Gasteiger partial charge in [0.25, 0.3) is 0 Å². The van der Waals surface area contributed by atoms with Gasteiger partial charge in [0.1, 0.15) is 0 Å². The molecule has 2 unspecified atom stereocenters. The molecule has 1 aromatic rings. The van der Waals surface area contributed by atoms with Crippen molar-refractivity contribution in [2.24, 2.45) is 11.7 Å². The summed E-state index contributed by atoms with van der Waals surface area (Å²) in [5, 5.41) is 2.91. The first kappa shape index (κ1) is 12.0. The van der Waals surface area contributed by atoms with Gasteiger partial charge in [-0.1, -0.05) is 24.3 Å². The molecule has 5 heteroatoms. The predicted molar refractivity (Wildman–Crippen MR) is 69.6 cm³/mol. The van der Waals surface area contributed by atoms with Gasteiger partial charge in [0.2, 0.25) is 12.7 Å². The van der Waals surface area contributed by atoms with Crippen LogP contribution in [0.5, 0.6) is 11.5 Å². The van der Waals surface area contributed by atoms with Crippen LogP contribution in [0.1, 0.15) is 12.0 Å². The number of para-hydroxylation sites is 1. The third-order valence-electron chi connectivity index (χ3n) is 3.38. The van der Waals surface area contributed by atoms with Crippen LogP contribution in [-0.4, -0.2) is 18.7 Å². The molecule has 3 N–H and O–H groups in total. The van der Waals surface area contributed by atoms with Gasteiger partial charge < -0.3 is 20.5 Å². The fraction of sp³-hybridized carbons (Fsp3) is 0.357. The predicted octanol–water partition coefficient (Wildman–Crippen LogP) is 0.935. The highest BCUT2D eigenvalue weighted by molar-refractivity contribution is 5.81. The van der Waals surface area contributed by atoms with Crippen LogP contribution < -0.4 is 20.5 Å². The smallest absolute Gasteiger partial charge is 0.231 e. The van der Waals surface area contributed by atoms with Gasteiger partial charge in [0.15, 0.2) is 11.5 Å². The van der Waals surface area contributed by atoms with Crippen LogP contribution in [-0.2, 0) is 11.3 Å². The van der Waals surface area contributed by atoms with Gasteiger partial charge in [0.05, 0.1) is 5.92 Å². The first-order valence-corrected chi connectivity index (χ1v) is 6.33. The molecule has 1 aromatic carbocycles. The molecule has 1 aliphatic carbocycles. The Morgan fingerprint density at radius 1 is 1.37 bits per heavy atom. The highest BCUT2D eigenvalue weighted by Gasteiger charge is 2.23. The Kier molecular flexibility index (Phi) is 3.13. The third-order valence-corrected chi connectivity index (χ3v) is 3.38. The number of rotatable bonds is 3. The molecular formula is C14H16N2O3. The molecule has 3 rings (SSSR count). The summed E-state index contributed by atoms with van der Waals surface area (Å²) < 4.78 is 10.7. The molecule has 19 heavy (non-hydrogen) atoms. The van der Waals surface area contributed by atoms with Crippen molar-refractivity contribution < 1.29 is 14.3 Å². The summed E-state index contributed by atoms with van der Waals surface area (Å²) in [6, 6.07) is 5.66. The summed E-state index contributed by atoms with van der Waals surface area (Å²) in [5.41, 5.74) is 6.67. The lowest BCUT2D eigenvalue weighted by molar-refractivity contribution is -0.123. The summed E-state index contributed by atoms with van der Waals surface area (Å²) >= 11 is 0. The average molecular weight is 260 g/mol. The van der Waals surface area contributed by atoms with Crippen LogP contribution in [0.25, 0.3) is 0 Å². The number of hydrogen-bond acceptors (Lipinski definition) is 4. The van der Waals surface area contributed by atoms with Crippen LogP contribution >= 0.6 is 0 Å². The molecule has 1 amide bonds. The lowest BCUT2D eigenvalue weighted by Crippen LogP contribution is -2.30. The van der Waals surface area contributed by atoms with Crippen molar-refractivity contribution in [1.29, 1.82) is 0 Å². The van der Waals surface area contributed by atoms with E-state index in [-0.39, 0.29) is 24.7 Å². The standard InChI is InChI=1S/C14H16N2O3/c15-11-5-4-9(6-11)14(17)16-7-10-2-1-3-12-13(10)19-8-18-12/h1-5,9,11H,6-8,15H2,(H,16,17). The van der Waals surface area contributed by atoms with Gasteiger partial charge >= 0.3 is 0 Å². The molecule has 0 fully saturated rings. The molecule has 1 aliphatic heterocycles. The normalized spacial score (nSPS) is 23.6. The molecule has 2 aliphatic rings. The van der Waals surface area contributed by atoms with Crippen LogP contribution in [0, 0.1) is 5.92 Å². The average Bonchev–Trinajstić information content (AvgIpc) is 3.04. The molecule has 2 atom stereocenters. The quantitative estimate of drug-likeness (QED) is 0.793. The largest absolute Gasteiger partial charge is 0.454 e. The van der Waals surface area contributed by atoms with Crippen LogP contribution in [0.3, 0.4) is 0 Å².